The van der Waals surface area contributed by atoms with E-state index in [1.54, 1.807) is 12.1 Å². The zero-order valence-corrected chi connectivity index (χ0v) is 12.2. The van der Waals surface area contributed by atoms with E-state index >= 15 is 0 Å². The van der Waals surface area contributed by atoms with Crippen molar-refractivity contribution >= 4 is 28.7 Å². The van der Waals surface area contributed by atoms with Crippen LogP contribution in [0.1, 0.15) is 0 Å². The second-order valence-corrected chi connectivity index (χ2v) is 5.38. The molecule has 0 unspecified atom stereocenters. The molecule has 0 spiro atoms. The van der Waals surface area contributed by atoms with Crippen LogP contribution in [0.3, 0.4) is 0 Å². The van der Waals surface area contributed by atoms with E-state index in [0.29, 0.717) is 17.1 Å². The monoisotopic (exact) mass is 344 g/mol. The Morgan fingerprint density at radius 1 is 1.26 bits per heavy atom. The molecule has 0 amide bonds. The molecule has 1 aromatic heterocycles. The molecular formula is C14H7F3O5S. The third-order valence-electron chi connectivity index (χ3n) is 2.99. The highest BCUT2D eigenvalue weighted by Crippen LogP contribution is 2.48. The molecule has 0 atom stereocenters. The predicted molar refractivity (Wildman–Crippen MR) is 74.1 cm³/mol. The van der Waals surface area contributed by atoms with Gasteiger partial charge in [0.1, 0.15) is 10.5 Å². The molecule has 1 aliphatic rings. The maximum Gasteiger partial charge on any atom is 0.427 e. The molecule has 0 aliphatic carbocycles. The first-order valence-electron chi connectivity index (χ1n) is 6.14. The van der Waals surface area contributed by atoms with E-state index in [9.17, 15) is 22.8 Å². The summed E-state index contributed by atoms with van der Waals surface area (Å²) in [6, 6.07) is 6.24. The van der Waals surface area contributed by atoms with E-state index < -0.39 is 28.4 Å². The number of alkyl halides is 3. The van der Waals surface area contributed by atoms with Gasteiger partial charge in [-0.15, -0.1) is 0 Å². The molecule has 1 aromatic carbocycles. The number of methoxy groups -OCH3 is 1. The van der Waals surface area contributed by atoms with Crippen molar-refractivity contribution in [3.63, 3.8) is 0 Å². The summed E-state index contributed by atoms with van der Waals surface area (Å²) in [7, 11) is 0.825. The van der Waals surface area contributed by atoms with Crippen LogP contribution in [0, 0.1) is 0 Å². The van der Waals surface area contributed by atoms with Crippen LogP contribution in [0.4, 0.5) is 13.2 Å². The number of carbonyl (C=O) groups excluding carboxylic acids is 1. The van der Waals surface area contributed by atoms with E-state index in [1.165, 1.54) is 12.1 Å². The molecule has 0 N–H and O–H groups in total. The smallest absolute Gasteiger partial charge is 0.427 e. The summed E-state index contributed by atoms with van der Waals surface area (Å²) >= 11 is 0.387. The van der Waals surface area contributed by atoms with E-state index in [2.05, 4.69) is 4.74 Å². The van der Waals surface area contributed by atoms with E-state index in [-0.39, 0.29) is 16.2 Å². The molecule has 0 fully saturated rings. The van der Waals surface area contributed by atoms with Crippen molar-refractivity contribution in [3.05, 3.63) is 45.3 Å². The summed E-state index contributed by atoms with van der Waals surface area (Å²) < 4.78 is 53.6. The molecule has 0 radical (unpaired) electrons. The number of halogens is 3. The fraction of sp³-hybridized carbons (Fsp3) is 0.143. The number of carbonyl (C=O) groups is 1. The van der Waals surface area contributed by atoms with Gasteiger partial charge in [0.25, 0.3) is 0 Å². The Kier molecular flexibility index (Phi) is 3.59. The number of hydrogen-bond acceptors (Lipinski definition) is 6. The quantitative estimate of drug-likeness (QED) is 0.450. The van der Waals surface area contributed by atoms with Gasteiger partial charge in [0, 0.05) is 0 Å². The highest BCUT2D eigenvalue weighted by molar-refractivity contribution is 8.03. The molecule has 0 saturated carbocycles. The van der Waals surface area contributed by atoms with Crippen molar-refractivity contribution in [1.82, 2.24) is 0 Å². The van der Waals surface area contributed by atoms with Gasteiger partial charge in [-0.25, -0.2) is 9.59 Å². The standard InChI is InChI=1S/C14H7F3O5S/c1-20-11(18)8(14(15,16)17)13-22-9-6-4-2-3-5-7(6)21-12(19)10(9)23-13/h2-5H,1H3/b13-8-. The fourth-order valence-electron chi connectivity index (χ4n) is 2.02. The maximum absolute atomic E-state index is 13.1. The Morgan fingerprint density at radius 3 is 2.61 bits per heavy atom. The number of para-hydroxylation sites is 1. The van der Waals surface area contributed by atoms with Crippen molar-refractivity contribution in [2.75, 3.05) is 7.11 Å². The fourth-order valence-corrected chi connectivity index (χ4v) is 3.00. The SMILES string of the molecule is COC(=O)/C(=C1\Oc2c(c(=O)oc3ccccc23)S1)C(F)(F)F. The molecule has 1 aliphatic heterocycles. The van der Waals surface area contributed by atoms with Gasteiger partial charge in [-0.3, -0.25) is 0 Å². The number of fused-ring (bicyclic) bond motifs is 3. The average molecular weight is 344 g/mol. The van der Waals surface area contributed by atoms with Crippen LogP contribution in [0.5, 0.6) is 5.75 Å². The van der Waals surface area contributed by atoms with Crippen molar-refractivity contribution in [2.24, 2.45) is 0 Å². The lowest BCUT2D eigenvalue weighted by molar-refractivity contribution is -0.148. The molecule has 3 rings (SSSR count). The maximum atomic E-state index is 13.1. The Bertz CT molecular complexity index is 897. The lowest BCUT2D eigenvalue weighted by Gasteiger charge is -2.11. The summed E-state index contributed by atoms with van der Waals surface area (Å²) in [6.07, 6.45) is -4.99. The van der Waals surface area contributed by atoms with Gasteiger partial charge in [0.05, 0.1) is 12.5 Å². The number of rotatable bonds is 1. The van der Waals surface area contributed by atoms with E-state index in [0.717, 1.165) is 7.11 Å². The lowest BCUT2D eigenvalue weighted by Crippen LogP contribution is -2.23. The van der Waals surface area contributed by atoms with Gasteiger partial charge in [-0.2, -0.15) is 13.2 Å². The van der Waals surface area contributed by atoms with Gasteiger partial charge in [-0.1, -0.05) is 12.1 Å². The van der Waals surface area contributed by atoms with Crippen molar-refractivity contribution in [3.8, 4) is 5.75 Å². The van der Waals surface area contributed by atoms with E-state index in [1.807, 2.05) is 0 Å². The first-order chi connectivity index (χ1) is 10.8. The number of benzene rings is 1. The number of ether oxygens (including phenoxy) is 2. The van der Waals surface area contributed by atoms with Crippen LogP contribution < -0.4 is 10.4 Å². The molecule has 0 bridgehead atoms. The molecule has 2 heterocycles. The summed E-state index contributed by atoms with van der Waals surface area (Å²) in [5.41, 5.74) is -2.28. The van der Waals surface area contributed by atoms with E-state index in [4.69, 9.17) is 9.15 Å². The number of hydrogen-bond donors (Lipinski definition) is 0. The first kappa shape index (κ1) is 15.5. The lowest BCUT2D eigenvalue weighted by atomic mass is 10.2. The second-order valence-electron chi connectivity index (χ2n) is 4.40. The zero-order valence-electron chi connectivity index (χ0n) is 11.4. The molecule has 5 nitrogen and oxygen atoms in total. The van der Waals surface area contributed by atoms with Crippen molar-refractivity contribution < 1.29 is 31.9 Å². The summed E-state index contributed by atoms with van der Waals surface area (Å²) in [4.78, 5) is 23.2. The molecular weight excluding hydrogens is 337 g/mol. The van der Waals surface area contributed by atoms with Gasteiger partial charge < -0.3 is 13.9 Å². The van der Waals surface area contributed by atoms with Crippen molar-refractivity contribution in [2.45, 2.75) is 11.1 Å². The summed E-state index contributed by atoms with van der Waals surface area (Å²) in [5.74, 6) is -1.66. The topological polar surface area (TPSA) is 65.7 Å². The normalized spacial score (nSPS) is 16.0. The van der Waals surface area contributed by atoms with Crippen LogP contribution >= 0.6 is 11.8 Å². The predicted octanol–water partition coefficient (Wildman–Crippen LogP) is 3.22. The van der Waals surface area contributed by atoms with Gasteiger partial charge in [0.15, 0.2) is 16.4 Å². The Balaban J connectivity index is 2.23. The average Bonchev–Trinajstić information content (AvgIpc) is 2.91. The van der Waals surface area contributed by atoms with Crippen LogP contribution in [-0.2, 0) is 9.53 Å². The van der Waals surface area contributed by atoms with Gasteiger partial charge in [-0.05, 0) is 23.9 Å². The molecule has 0 saturated heterocycles. The molecule has 120 valence electrons. The number of esters is 1. The number of thioether (sulfide) groups is 1. The Labute approximate surface area is 130 Å². The highest BCUT2D eigenvalue weighted by Gasteiger charge is 2.46. The van der Waals surface area contributed by atoms with Crippen LogP contribution in [-0.4, -0.2) is 19.3 Å². The largest absolute Gasteiger partial charge is 0.465 e. The van der Waals surface area contributed by atoms with Gasteiger partial charge >= 0.3 is 17.8 Å². The van der Waals surface area contributed by atoms with Gasteiger partial charge in [0.2, 0.25) is 0 Å². The van der Waals surface area contributed by atoms with Crippen LogP contribution in [0.2, 0.25) is 0 Å². The minimum absolute atomic E-state index is 0.0671. The van der Waals surface area contributed by atoms with Crippen LogP contribution in [0.25, 0.3) is 11.0 Å². The Hall–Kier alpha value is -2.42. The summed E-state index contributed by atoms with van der Waals surface area (Å²) in [6.45, 7) is 0. The van der Waals surface area contributed by atoms with Crippen molar-refractivity contribution in [1.29, 1.82) is 0 Å². The second kappa shape index (κ2) is 5.34. The minimum Gasteiger partial charge on any atom is -0.465 e. The summed E-state index contributed by atoms with van der Waals surface area (Å²) in [5, 5.41) is -0.431. The molecule has 23 heavy (non-hydrogen) atoms. The molecule has 9 heteroatoms. The molecule has 2 aromatic rings. The highest BCUT2D eigenvalue weighted by atomic mass is 32.2. The Morgan fingerprint density at radius 2 is 1.96 bits per heavy atom. The minimum atomic E-state index is -4.99. The zero-order chi connectivity index (χ0) is 16.8. The van der Waals surface area contributed by atoms with Crippen LogP contribution in [0.15, 0.2) is 49.0 Å². The first-order valence-corrected chi connectivity index (χ1v) is 6.96. The third kappa shape index (κ3) is 2.56. The third-order valence-corrected chi connectivity index (χ3v) is 4.02.